The van der Waals surface area contributed by atoms with Crippen LogP contribution in [-0.4, -0.2) is 28.9 Å². The number of aryl methyl sites for hydroxylation is 1. The van der Waals surface area contributed by atoms with Gasteiger partial charge in [0, 0.05) is 19.2 Å². The third-order valence-electron chi connectivity index (χ3n) is 2.55. The quantitative estimate of drug-likeness (QED) is 0.285. The number of nitrogens with two attached hydrogens (primary N) is 1. The van der Waals surface area contributed by atoms with E-state index < -0.39 is 0 Å². The molecule has 1 heterocycles. The number of hydrogen-bond donors (Lipinski definition) is 3. The lowest BCUT2D eigenvalue weighted by Crippen LogP contribution is -2.42. The second kappa shape index (κ2) is 5.05. The van der Waals surface area contributed by atoms with Gasteiger partial charge < -0.3 is 10.1 Å². The van der Waals surface area contributed by atoms with Gasteiger partial charge in [-0.15, -0.1) is 0 Å². The van der Waals surface area contributed by atoms with Crippen molar-refractivity contribution in [3.8, 4) is 5.88 Å². The van der Waals surface area contributed by atoms with Gasteiger partial charge in [-0.1, -0.05) is 0 Å². The summed E-state index contributed by atoms with van der Waals surface area (Å²) in [6.07, 6.45) is 2.36. The zero-order valence-electron chi connectivity index (χ0n) is 10.1. The van der Waals surface area contributed by atoms with Crippen LogP contribution in [0.3, 0.4) is 0 Å². The van der Waals surface area contributed by atoms with Crippen molar-refractivity contribution >= 4 is 5.96 Å². The first-order chi connectivity index (χ1) is 8.22. The predicted molar refractivity (Wildman–Crippen MR) is 64.4 cm³/mol. The van der Waals surface area contributed by atoms with Crippen molar-refractivity contribution in [2.75, 3.05) is 7.11 Å². The number of ether oxygens (including phenoxy) is 1. The third-order valence-corrected chi connectivity index (χ3v) is 2.55. The molecule has 1 aromatic rings. The first-order valence-electron chi connectivity index (χ1n) is 5.57. The molecule has 0 unspecified atom stereocenters. The average Bonchev–Trinajstić information content (AvgIpc) is 3.07. The minimum absolute atomic E-state index is 0.469. The maximum absolute atomic E-state index is 5.38. The van der Waals surface area contributed by atoms with E-state index in [0.717, 1.165) is 5.69 Å². The molecule has 1 aromatic heterocycles. The number of nitrogens with one attached hydrogen (secondary N) is 2. The molecule has 1 aliphatic rings. The van der Waals surface area contributed by atoms with E-state index in [1.807, 2.05) is 13.1 Å². The number of guanidine groups is 1. The molecule has 0 aromatic carbocycles. The van der Waals surface area contributed by atoms with Crippen molar-refractivity contribution in [2.24, 2.45) is 17.9 Å². The number of hydrazine groups is 1. The molecule has 1 aliphatic carbocycles. The highest BCUT2D eigenvalue weighted by molar-refractivity contribution is 5.79. The number of methoxy groups -OCH3 is 1. The largest absolute Gasteiger partial charge is 0.481 e. The maximum atomic E-state index is 5.38. The van der Waals surface area contributed by atoms with Crippen molar-refractivity contribution in [3.05, 3.63) is 11.8 Å². The van der Waals surface area contributed by atoms with E-state index in [1.54, 1.807) is 11.8 Å². The fraction of sp³-hybridized carbons (Fsp3) is 0.600. The van der Waals surface area contributed by atoms with E-state index in [1.165, 1.54) is 12.8 Å². The molecule has 1 fully saturated rings. The Labute approximate surface area is 100 Å². The minimum Gasteiger partial charge on any atom is -0.481 e. The zero-order valence-corrected chi connectivity index (χ0v) is 10.1. The predicted octanol–water partition coefficient (Wildman–Crippen LogP) is -0.500. The van der Waals surface area contributed by atoms with Crippen LogP contribution in [0.2, 0.25) is 0 Å². The van der Waals surface area contributed by atoms with E-state index >= 15 is 0 Å². The van der Waals surface area contributed by atoms with Crippen LogP contribution in [0.4, 0.5) is 0 Å². The van der Waals surface area contributed by atoms with Gasteiger partial charge in [-0.05, 0) is 12.8 Å². The van der Waals surface area contributed by atoms with Crippen LogP contribution in [0.1, 0.15) is 18.5 Å². The Morgan fingerprint density at radius 2 is 2.47 bits per heavy atom. The Morgan fingerprint density at radius 1 is 1.71 bits per heavy atom. The Hall–Kier alpha value is -1.76. The lowest BCUT2D eigenvalue weighted by atomic mass is 10.4. The summed E-state index contributed by atoms with van der Waals surface area (Å²) in [7, 11) is 3.45. The van der Waals surface area contributed by atoms with Crippen molar-refractivity contribution in [3.63, 3.8) is 0 Å². The van der Waals surface area contributed by atoms with Crippen molar-refractivity contribution in [1.29, 1.82) is 0 Å². The van der Waals surface area contributed by atoms with E-state index in [-0.39, 0.29) is 0 Å². The molecule has 0 aliphatic heterocycles. The molecule has 0 spiro atoms. The van der Waals surface area contributed by atoms with Gasteiger partial charge in [0.25, 0.3) is 0 Å². The van der Waals surface area contributed by atoms with Gasteiger partial charge >= 0.3 is 0 Å². The molecule has 0 atom stereocenters. The highest BCUT2D eigenvalue weighted by Crippen LogP contribution is 2.18. The molecule has 4 N–H and O–H groups in total. The maximum Gasteiger partial charge on any atom is 0.211 e. The second-order valence-corrected chi connectivity index (χ2v) is 4.03. The standard InChI is InChI=1S/C10H18N6O/c1-16-9(17-2)5-8(15-16)6-12-10(14-11)13-7-3-4-7/h5,7H,3-4,6,11H2,1-2H3,(H2,12,13,14). The number of aromatic nitrogens is 2. The fourth-order valence-electron chi connectivity index (χ4n) is 1.49. The molecule has 7 nitrogen and oxygen atoms in total. The molecule has 0 radical (unpaired) electrons. The average molecular weight is 238 g/mol. The molecule has 17 heavy (non-hydrogen) atoms. The van der Waals surface area contributed by atoms with Crippen LogP contribution in [0.15, 0.2) is 11.1 Å². The third kappa shape index (κ3) is 3.10. The summed E-state index contributed by atoms with van der Waals surface area (Å²) in [5, 5.41) is 7.47. The van der Waals surface area contributed by atoms with Crippen LogP contribution < -0.4 is 21.3 Å². The lowest BCUT2D eigenvalue weighted by molar-refractivity contribution is 0.373. The number of hydrogen-bond acceptors (Lipinski definition) is 4. The van der Waals surface area contributed by atoms with Crippen LogP contribution in [0.25, 0.3) is 0 Å². The highest BCUT2D eigenvalue weighted by atomic mass is 16.5. The van der Waals surface area contributed by atoms with Gasteiger partial charge in [0.1, 0.15) is 0 Å². The van der Waals surface area contributed by atoms with Crippen LogP contribution in [0, 0.1) is 0 Å². The Balaban J connectivity index is 1.95. The Kier molecular flexibility index (Phi) is 3.48. The van der Waals surface area contributed by atoms with Gasteiger partial charge in [0.2, 0.25) is 11.8 Å². The molecular weight excluding hydrogens is 220 g/mol. The van der Waals surface area contributed by atoms with Crippen LogP contribution in [-0.2, 0) is 13.6 Å². The summed E-state index contributed by atoms with van der Waals surface area (Å²) >= 11 is 0. The van der Waals surface area contributed by atoms with Gasteiger partial charge in [0.05, 0.1) is 19.3 Å². The molecule has 0 saturated heterocycles. The van der Waals surface area contributed by atoms with Gasteiger partial charge in [-0.3, -0.25) is 5.43 Å². The van der Waals surface area contributed by atoms with Crippen molar-refractivity contribution in [2.45, 2.75) is 25.4 Å². The summed E-state index contributed by atoms with van der Waals surface area (Å²) in [6, 6.07) is 2.37. The molecular formula is C10H18N6O. The van der Waals surface area contributed by atoms with Gasteiger partial charge in [-0.25, -0.2) is 15.5 Å². The van der Waals surface area contributed by atoms with Crippen molar-refractivity contribution < 1.29 is 4.74 Å². The SMILES string of the molecule is COc1cc(CN=C(NN)NC2CC2)nn1C. The van der Waals surface area contributed by atoms with Crippen molar-refractivity contribution in [1.82, 2.24) is 20.5 Å². The van der Waals surface area contributed by atoms with E-state index in [2.05, 4.69) is 20.8 Å². The van der Waals surface area contributed by atoms with Crippen LogP contribution in [0.5, 0.6) is 5.88 Å². The molecule has 0 amide bonds. The molecule has 94 valence electrons. The highest BCUT2D eigenvalue weighted by Gasteiger charge is 2.21. The molecule has 2 rings (SSSR count). The van der Waals surface area contributed by atoms with Gasteiger partial charge in [0.15, 0.2) is 0 Å². The molecule has 1 saturated carbocycles. The topological polar surface area (TPSA) is 89.5 Å². The van der Waals surface area contributed by atoms with Crippen LogP contribution >= 0.6 is 0 Å². The Bertz CT molecular complexity index is 409. The first-order valence-corrected chi connectivity index (χ1v) is 5.57. The summed E-state index contributed by atoms with van der Waals surface area (Å²) in [4.78, 5) is 4.32. The Morgan fingerprint density at radius 3 is 3.00 bits per heavy atom. The fourth-order valence-corrected chi connectivity index (χ4v) is 1.49. The van der Waals surface area contributed by atoms with E-state index in [4.69, 9.17) is 10.6 Å². The molecule has 7 heteroatoms. The monoisotopic (exact) mass is 238 g/mol. The lowest BCUT2D eigenvalue weighted by Gasteiger charge is -2.06. The number of rotatable bonds is 4. The van der Waals surface area contributed by atoms with E-state index in [0.29, 0.717) is 24.4 Å². The summed E-state index contributed by atoms with van der Waals surface area (Å²) in [5.74, 6) is 6.70. The molecule has 0 bridgehead atoms. The van der Waals surface area contributed by atoms with Gasteiger partial charge in [-0.2, -0.15) is 5.10 Å². The zero-order chi connectivity index (χ0) is 12.3. The normalized spacial score (nSPS) is 15.8. The number of aliphatic imine (C=N–C) groups is 1. The summed E-state index contributed by atoms with van der Waals surface area (Å²) in [6.45, 7) is 0.469. The summed E-state index contributed by atoms with van der Waals surface area (Å²) < 4.78 is 6.80. The minimum atomic E-state index is 0.469. The van der Waals surface area contributed by atoms with E-state index in [9.17, 15) is 0 Å². The smallest absolute Gasteiger partial charge is 0.211 e. The summed E-state index contributed by atoms with van der Waals surface area (Å²) in [5.41, 5.74) is 3.39. The first kappa shape index (κ1) is 11.7. The number of nitrogens with zero attached hydrogens (tertiary/aromatic N) is 3. The second-order valence-electron chi connectivity index (χ2n) is 4.03.